The number of hydrogen-bond donors (Lipinski definition) is 1. The molecule has 21 heavy (non-hydrogen) atoms. The fraction of sp³-hybridized carbons (Fsp3) is 0.625. The quantitative estimate of drug-likeness (QED) is 0.792. The Morgan fingerprint density at radius 1 is 1.52 bits per heavy atom. The zero-order valence-electron chi connectivity index (χ0n) is 12.7. The number of methoxy groups -OCH3 is 1. The van der Waals surface area contributed by atoms with Crippen LogP contribution in [0.15, 0.2) is 22.7 Å². The molecule has 2 unspecified atom stereocenters. The Kier molecular flexibility index (Phi) is 7.37. The second-order valence-electron chi connectivity index (χ2n) is 5.21. The summed E-state index contributed by atoms with van der Waals surface area (Å²) >= 11 is 5.64. The van der Waals surface area contributed by atoms with Crippen molar-refractivity contribution >= 4 is 27.7 Å². The Hall–Kier alpha value is -0.230. The van der Waals surface area contributed by atoms with Crippen LogP contribution in [0.5, 0.6) is 5.75 Å². The molecule has 0 radical (unpaired) electrons. The molecule has 0 spiro atoms. The SMILES string of the molecule is CCCNC(Cc1cc(OC)ccc1Br)C1CSCCO1. The van der Waals surface area contributed by atoms with E-state index in [1.165, 1.54) is 5.56 Å². The van der Waals surface area contributed by atoms with E-state index in [9.17, 15) is 0 Å². The molecule has 0 aliphatic carbocycles. The summed E-state index contributed by atoms with van der Waals surface area (Å²) < 4.78 is 12.5. The number of benzene rings is 1. The maximum absolute atomic E-state index is 5.98. The van der Waals surface area contributed by atoms with E-state index >= 15 is 0 Å². The fourth-order valence-electron chi connectivity index (χ4n) is 2.47. The minimum absolute atomic E-state index is 0.286. The van der Waals surface area contributed by atoms with E-state index in [0.29, 0.717) is 6.04 Å². The summed E-state index contributed by atoms with van der Waals surface area (Å²) in [7, 11) is 1.71. The summed E-state index contributed by atoms with van der Waals surface area (Å²) in [6.07, 6.45) is 2.37. The van der Waals surface area contributed by atoms with Crippen LogP contribution >= 0.6 is 27.7 Å². The molecule has 0 aromatic heterocycles. The summed E-state index contributed by atoms with van der Waals surface area (Å²) in [6.45, 7) is 4.08. The average Bonchev–Trinajstić information content (AvgIpc) is 2.54. The maximum Gasteiger partial charge on any atom is 0.119 e. The van der Waals surface area contributed by atoms with Gasteiger partial charge in [0.05, 0.1) is 19.8 Å². The molecule has 1 N–H and O–H groups in total. The Morgan fingerprint density at radius 2 is 2.38 bits per heavy atom. The van der Waals surface area contributed by atoms with Gasteiger partial charge in [-0.15, -0.1) is 0 Å². The Morgan fingerprint density at radius 3 is 3.05 bits per heavy atom. The van der Waals surface area contributed by atoms with Gasteiger partial charge in [-0.2, -0.15) is 11.8 Å². The van der Waals surface area contributed by atoms with Crippen LogP contribution in [0.25, 0.3) is 0 Å². The molecule has 1 saturated heterocycles. The van der Waals surface area contributed by atoms with Gasteiger partial charge in [-0.1, -0.05) is 22.9 Å². The van der Waals surface area contributed by atoms with Crippen LogP contribution in [0.4, 0.5) is 0 Å². The molecule has 5 heteroatoms. The van der Waals surface area contributed by atoms with E-state index in [1.807, 2.05) is 17.8 Å². The van der Waals surface area contributed by atoms with Crippen LogP contribution < -0.4 is 10.1 Å². The smallest absolute Gasteiger partial charge is 0.119 e. The first-order valence-corrected chi connectivity index (χ1v) is 9.44. The molecule has 0 bridgehead atoms. The summed E-state index contributed by atoms with van der Waals surface area (Å²) in [6, 6.07) is 6.50. The van der Waals surface area contributed by atoms with Gasteiger partial charge in [-0.3, -0.25) is 0 Å². The van der Waals surface area contributed by atoms with Crippen LogP contribution in [-0.2, 0) is 11.2 Å². The number of thioether (sulfide) groups is 1. The highest BCUT2D eigenvalue weighted by atomic mass is 79.9. The van der Waals surface area contributed by atoms with Gasteiger partial charge in [-0.25, -0.2) is 0 Å². The van der Waals surface area contributed by atoms with Gasteiger partial charge in [0.2, 0.25) is 0 Å². The largest absolute Gasteiger partial charge is 0.497 e. The van der Waals surface area contributed by atoms with Crippen molar-refractivity contribution in [2.45, 2.75) is 31.9 Å². The molecule has 1 aliphatic heterocycles. The summed E-state index contributed by atoms with van der Waals surface area (Å²) in [5.41, 5.74) is 1.27. The number of hydrogen-bond acceptors (Lipinski definition) is 4. The maximum atomic E-state index is 5.98. The first-order chi connectivity index (χ1) is 10.2. The minimum atomic E-state index is 0.286. The molecule has 1 heterocycles. The Balaban J connectivity index is 2.09. The monoisotopic (exact) mass is 373 g/mol. The van der Waals surface area contributed by atoms with Gasteiger partial charge in [0.15, 0.2) is 0 Å². The predicted molar refractivity (Wildman–Crippen MR) is 93.5 cm³/mol. The molecule has 0 amide bonds. The van der Waals surface area contributed by atoms with Crippen molar-refractivity contribution in [3.8, 4) is 5.75 Å². The molecular formula is C16H24BrNO2S. The van der Waals surface area contributed by atoms with Gasteiger partial charge >= 0.3 is 0 Å². The second-order valence-corrected chi connectivity index (χ2v) is 7.21. The highest BCUT2D eigenvalue weighted by Crippen LogP contribution is 2.26. The lowest BCUT2D eigenvalue weighted by Gasteiger charge is -2.31. The van der Waals surface area contributed by atoms with E-state index in [-0.39, 0.29) is 6.10 Å². The van der Waals surface area contributed by atoms with Crippen LogP contribution in [0.1, 0.15) is 18.9 Å². The van der Waals surface area contributed by atoms with Gasteiger partial charge in [0.1, 0.15) is 5.75 Å². The highest BCUT2D eigenvalue weighted by Gasteiger charge is 2.25. The van der Waals surface area contributed by atoms with Crippen LogP contribution in [-0.4, -0.2) is 43.9 Å². The van der Waals surface area contributed by atoms with Crippen molar-refractivity contribution in [3.63, 3.8) is 0 Å². The van der Waals surface area contributed by atoms with E-state index in [4.69, 9.17) is 9.47 Å². The standard InChI is InChI=1S/C16H24BrNO2S/c1-3-6-18-15(16-11-21-8-7-20-16)10-12-9-13(19-2)4-5-14(12)17/h4-5,9,15-16,18H,3,6-8,10-11H2,1-2H3. The number of rotatable bonds is 7. The van der Waals surface area contributed by atoms with Gasteiger partial charge in [0.25, 0.3) is 0 Å². The Bertz CT molecular complexity index is 438. The zero-order chi connectivity index (χ0) is 15.1. The normalized spacial score (nSPS) is 20.2. The van der Waals surface area contributed by atoms with Crippen molar-refractivity contribution < 1.29 is 9.47 Å². The van der Waals surface area contributed by atoms with Crippen LogP contribution in [0.3, 0.4) is 0 Å². The van der Waals surface area contributed by atoms with Crippen molar-refractivity contribution in [2.75, 3.05) is 31.8 Å². The molecule has 1 aromatic carbocycles. The minimum Gasteiger partial charge on any atom is -0.497 e. The molecule has 2 atom stereocenters. The van der Waals surface area contributed by atoms with E-state index in [0.717, 1.165) is 47.7 Å². The van der Waals surface area contributed by atoms with Crippen molar-refractivity contribution in [3.05, 3.63) is 28.2 Å². The number of nitrogens with one attached hydrogen (secondary N) is 1. The first kappa shape index (κ1) is 17.1. The molecule has 1 aromatic rings. The molecular weight excluding hydrogens is 350 g/mol. The van der Waals surface area contributed by atoms with Crippen LogP contribution in [0.2, 0.25) is 0 Å². The Labute approximate surface area is 140 Å². The third-order valence-corrected chi connectivity index (χ3v) is 5.43. The average molecular weight is 374 g/mol. The summed E-state index contributed by atoms with van der Waals surface area (Å²) in [5.74, 6) is 3.09. The first-order valence-electron chi connectivity index (χ1n) is 7.49. The van der Waals surface area contributed by atoms with E-state index in [1.54, 1.807) is 7.11 Å². The lowest BCUT2D eigenvalue weighted by molar-refractivity contribution is 0.0471. The van der Waals surface area contributed by atoms with Crippen LogP contribution in [0, 0.1) is 0 Å². The second kappa shape index (κ2) is 9.03. The lowest BCUT2D eigenvalue weighted by Crippen LogP contribution is -2.46. The third-order valence-electron chi connectivity index (χ3n) is 3.64. The molecule has 2 rings (SSSR count). The number of ether oxygens (including phenoxy) is 2. The van der Waals surface area contributed by atoms with Crippen molar-refractivity contribution in [2.24, 2.45) is 0 Å². The topological polar surface area (TPSA) is 30.5 Å². The molecule has 0 saturated carbocycles. The molecule has 3 nitrogen and oxygen atoms in total. The fourth-order valence-corrected chi connectivity index (χ4v) is 3.82. The predicted octanol–water partition coefficient (Wildman–Crippen LogP) is 3.50. The van der Waals surface area contributed by atoms with Gasteiger partial charge < -0.3 is 14.8 Å². The molecule has 1 fully saturated rings. The highest BCUT2D eigenvalue weighted by molar-refractivity contribution is 9.10. The van der Waals surface area contributed by atoms with Gasteiger partial charge in [0, 0.05) is 22.0 Å². The van der Waals surface area contributed by atoms with E-state index < -0.39 is 0 Å². The summed E-state index contributed by atoms with van der Waals surface area (Å²) in [4.78, 5) is 0. The van der Waals surface area contributed by atoms with E-state index in [2.05, 4.69) is 40.3 Å². The molecule has 1 aliphatic rings. The third kappa shape index (κ3) is 5.16. The van der Waals surface area contributed by atoms with Crippen molar-refractivity contribution in [1.29, 1.82) is 0 Å². The zero-order valence-corrected chi connectivity index (χ0v) is 15.1. The molecule has 118 valence electrons. The lowest BCUT2D eigenvalue weighted by atomic mass is 10.0. The van der Waals surface area contributed by atoms with Gasteiger partial charge in [-0.05, 0) is 43.1 Å². The summed E-state index contributed by atoms with van der Waals surface area (Å²) in [5, 5.41) is 3.65. The number of halogens is 1. The van der Waals surface area contributed by atoms with Crippen molar-refractivity contribution in [1.82, 2.24) is 5.32 Å².